The van der Waals surface area contributed by atoms with Crippen molar-refractivity contribution in [3.63, 3.8) is 0 Å². The first-order chi connectivity index (χ1) is 11.5. The molecule has 0 bridgehead atoms. The molecule has 1 aliphatic carbocycles. The molecule has 2 amide bonds. The van der Waals surface area contributed by atoms with E-state index in [0.717, 1.165) is 18.5 Å². The van der Waals surface area contributed by atoms with Gasteiger partial charge in [0, 0.05) is 24.8 Å². The maximum atomic E-state index is 13.0. The molecule has 0 radical (unpaired) electrons. The van der Waals surface area contributed by atoms with Crippen molar-refractivity contribution in [1.29, 1.82) is 0 Å². The van der Waals surface area contributed by atoms with Gasteiger partial charge in [-0.1, -0.05) is 6.58 Å². The maximum absolute atomic E-state index is 13.0. The van der Waals surface area contributed by atoms with Gasteiger partial charge in [-0.15, -0.1) is 0 Å². The minimum absolute atomic E-state index is 0.0388. The second-order valence-corrected chi connectivity index (χ2v) is 6.79. The largest absolute Gasteiger partial charge is 0.377 e. The number of carbonyl (C=O) groups excluding carboxylic acids is 2. The van der Waals surface area contributed by atoms with Crippen molar-refractivity contribution in [2.24, 2.45) is 5.92 Å². The molecular weight excluding hydrogens is 304 g/mol. The normalized spacial score (nSPS) is 23.7. The summed E-state index contributed by atoms with van der Waals surface area (Å²) in [6.45, 7) is 7.44. The Balaban J connectivity index is 1.79. The highest BCUT2D eigenvalue weighted by Gasteiger charge is 2.49. The van der Waals surface area contributed by atoms with Crippen molar-refractivity contribution in [3.05, 3.63) is 42.5 Å². The van der Waals surface area contributed by atoms with Crippen molar-refractivity contribution in [3.8, 4) is 0 Å². The molecule has 1 heterocycles. The third kappa shape index (κ3) is 2.96. The number of carbonyl (C=O) groups is 2. The number of likely N-dealkylation sites (N-methyl/N-ethyl adjacent to an activating group) is 1. The van der Waals surface area contributed by atoms with E-state index in [1.165, 1.54) is 11.0 Å². The minimum atomic E-state index is -0.205. The Morgan fingerprint density at radius 2 is 2.00 bits per heavy atom. The van der Waals surface area contributed by atoms with E-state index < -0.39 is 0 Å². The summed E-state index contributed by atoms with van der Waals surface area (Å²) in [4.78, 5) is 28.1. The van der Waals surface area contributed by atoms with Crippen LogP contribution >= 0.6 is 0 Å². The number of amides is 2. The van der Waals surface area contributed by atoms with E-state index in [4.69, 9.17) is 4.74 Å². The van der Waals surface area contributed by atoms with Crippen molar-refractivity contribution in [2.45, 2.75) is 25.3 Å². The Morgan fingerprint density at radius 1 is 1.33 bits per heavy atom. The molecular formula is C19H24N2O3. The average Bonchev–Trinajstić information content (AvgIpc) is 3.46. The Hall–Kier alpha value is -2.14. The van der Waals surface area contributed by atoms with Crippen molar-refractivity contribution in [1.82, 2.24) is 4.90 Å². The Bertz CT molecular complexity index is 651. The third-order valence-corrected chi connectivity index (χ3v) is 5.18. The van der Waals surface area contributed by atoms with Crippen LogP contribution in [0.1, 0.15) is 30.1 Å². The Kier molecular flexibility index (Phi) is 4.45. The molecule has 1 saturated carbocycles. The van der Waals surface area contributed by atoms with Gasteiger partial charge in [0.2, 0.25) is 5.91 Å². The fourth-order valence-electron chi connectivity index (χ4n) is 3.39. The molecule has 1 unspecified atom stereocenters. The van der Waals surface area contributed by atoms with E-state index in [1.54, 1.807) is 31.3 Å². The Labute approximate surface area is 142 Å². The van der Waals surface area contributed by atoms with Crippen LogP contribution in [0.15, 0.2) is 36.9 Å². The van der Waals surface area contributed by atoms with Crippen LogP contribution in [-0.2, 0) is 9.53 Å². The van der Waals surface area contributed by atoms with Crippen LogP contribution in [0.4, 0.5) is 5.69 Å². The highest BCUT2D eigenvalue weighted by atomic mass is 16.5. The topological polar surface area (TPSA) is 49.9 Å². The fourth-order valence-corrected chi connectivity index (χ4v) is 3.39. The molecule has 1 aromatic carbocycles. The quantitative estimate of drug-likeness (QED) is 0.798. The molecule has 5 heteroatoms. The number of hydrogen-bond acceptors (Lipinski definition) is 3. The van der Waals surface area contributed by atoms with E-state index in [2.05, 4.69) is 13.5 Å². The van der Waals surface area contributed by atoms with Crippen LogP contribution in [0.25, 0.3) is 0 Å². The monoisotopic (exact) mass is 328 g/mol. The lowest BCUT2D eigenvalue weighted by Crippen LogP contribution is -2.58. The van der Waals surface area contributed by atoms with Gasteiger partial charge in [-0.2, -0.15) is 0 Å². The van der Waals surface area contributed by atoms with Gasteiger partial charge < -0.3 is 14.5 Å². The predicted octanol–water partition coefficient (Wildman–Crippen LogP) is 2.48. The Morgan fingerprint density at radius 3 is 2.58 bits per heavy atom. The van der Waals surface area contributed by atoms with Gasteiger partial charge >= 0.3 is 0 Å². The van der Waals surface area contributed by atoms with Crippen molar-refractivity contribution in [2.75, 3.05) is 31.7 Å². The number of hydrogen-bond donors (Lipinski definition) is 0. The molecule has 2 fully saturated rings. The molecule has 0 N–H and O–H groups in total. The van der Waals surface area contributed by atoms with Crippen LogP contribution in [0.2, 0.25) is 0 Å². The second kappa shape index (κ2) is 6.40. The number of ether oxygens (including phenoxy) is 1. The lowest BCUT2D eigenvalue weighted by atomic mass is 9.92. The molecule has 1 atom stereocenters. The predicted molar refractivity (Wildman–Crippen MR) is 93.0 cm³/mol. The van der Waals surface area contributed by atoms with Gasteiger partial charge in [0.05, 0.1) is 18.8 Å². The average molecular weight is 328 g/mol. The van der Waals surface area contributed by atoms with Gasteiger partial charge in [0.25, 0.3) is 5.91 Å². The SMILES string of the molecule is C=CC(=O)N(C)c1ccc(C(=O)N2CCOCC2(C)C2CC2)cc1. The number of benzene rings is 1. The summed E-state index contributed by atoms with van der Waals surface area (Å²) in [6, 6.07) is 7.16. The second-order valence-electron chi connectivity index (χ2n) is 6.79. The molecule has 1 saturated heterocycles. The third-order valence-electron chi connectivity index (χ3n) is 5.18. The van der Waals surface area contributed by atoms with E-state index in [-0.39, 0.29) is 17.4 Å². The summed E-state index contributed by atoms with van der Waals surface area (Å²) in [5.74, 6) is 0.401. The lowest BCUT2D eigenvalue weighted by Gasteiger charge is -2.45. The highest BCUT2D eigenvalue weighted by molar-refractivity contribution is 6.01. The summed E-state index contributed by atoms with van der Waals surface area (Å²) in [5, 5.41) is 0. The summed E-state index contributed by atoms with van der Waals surface area (Å²) < 4.78 is 5.64. The van der Waals surface area contributed by atoms with Crippen molar-refractivity contribution >= 4 is 17.5 Å². The first-order valence-electron chi connectivity index (χ1n) is 8.37. The summed E-state index contributed by atoms with van der Waals surface area (Å²) >= 11 is 0. The molecule has 5 nitrogen and oxygen atoms in total. The molecule has 2 aliphatic rings. The maximum Gasteiger partial charge on any atom is 0.254 e. The molecule has 128 valence electrons. The summed E-state index contributed by atoms with van der Waals surface area (Å²) in [7, 11) is 1.69. The molecule has 0 aromatic heterocycles. The minimum Gasteiger partial charge on any atom is -0.377 e. The van der Waals surface area contributed by atoms with Gasteiger partial charge in [0.1, 0.15) is 0 Å². The van der Waals surface area contributed by atoms with Crippen LogP contribution in [0, 0.1) is 5.92 Å². The number of anilines is 1. The van der Waals surface area contributed by atoms with Gasteiger partial charge in [-0.3, -0.25) is 9.59 Å². The summed E-state index contributed by atoms with van der Waals surface area (Å²) in [5.41, 5.74) is 1.18. The molecule has 1 aromatic rings. The van der Waals surface area contributed by atoms with Crippen molar-refractivity contribution < 1.29 is 14.3 Å². The van der Waals surface area contributed by atoms with E-state index in [1.807, 2.05) is 4.90 Å². The van der Waals surface area contributed by atoms with E-state index in [0.29, 0.717) is 31.2 Å². The van der Waals surface area contributed by atoms with Gasteiger partial charge in [0.15, 0.2) is 0 Å². The first-order valence-corrected chi connectivity index (χ1v) is 8.37. The summed E-state index contributed by atoms with van der Waals surface area (Å²) in [6.07, 6.45) is 3.60. The van der Waals surface area contributed by atoms with Crippen LogP contribution < -0.4 is 4.90 Å². The van der Waals surface area contributed by atoms with Crippen LogP contribution in [-0.4, -0.2) is 49.1 Å². The van der Waals surface area contributed by atoms with E-state index >= 15 is 0 Å². The number of nitrogens with zero attached hydrogens (tertiary/aromatic N) is 2. The fraction of sp³-hybridized carbons (Fsp3) is 0.474. The van der Waals surface area contributed by atoms with E-state index in [9.17, 15) is 9.59 Å². The van der Waals surface area contributed by atoms with Gasteiger partial charge in [-0.05, 0) is 56.0 Å². The molecule has 0 spiro atoms. The zero-order chi connectivity index (χ0) is 17.3. The zero-order valence-corrected chi connectivity index (χ0v) is 14.3. The molecule has 3 rings (SSSR count). The highest BCUT2D eigenvalue weighted by Crippen LogP contribution is 2.44. The standard InChI is InChI=1S/C19H24N2O3/c1-4-17(22)20(3)16-9-5-14(6-10-16)18(23)21-11-12-24-13-19(21,2)15-7-8-15/h4-6,9-10,15H,1,7-8,11-13H2,2-3H3. The van der Waals surface area contributed by atoms with Crippen LogP contribution in [0.5, 0.6) is 0 Å². The molecule has 24 heavy (non-hydrogen) atoms. The number of rotatable bonds is 4. The first kappa shape index (κ1) is 16.7. The smallest absolute Gasteiger partial charge is 0.254 e. The van der Waals surface area contributed by atoms with Gasteiger partial charge in [-0.25, -0.2) is 0 Å². The van der Waals surface area contributed by atoms with Crippen LogP contribution in [0.3, 0.4) is 0 Å². The number of morpholine rings is 1. The molecule has 1 aliphatic heterocycles. The lowest BCUT2D eigenvalue weighted by molar-refractivity contribution is -0.113. The zero-order valence-electron chi connectivity index (χ0n) is 14.3.